The van der Waals surface area contributed by atoms with Crippen LogP contribution in [0.5, 0.6) is 0 Å². The summed E-state index contributed by atoms with van der Waals surface area (Å²) < 4.78 is 1.43. The van der Waals surface area contributed by atoms with Crippen LogP contribution >= 0.6 is 11.3 Å². The number of hydrogen-bond acceptors (Lipinski definition) is 3. The van der Waals surface area contributed by atoms with E-state index in [1.807, 2.05) is 17.5 Å². The first kappa shape index (κ1) is 12.6. The zero-order valence-electron chi connectivity index (χ0n) is 10.1. The van der Waals surface area contributed by atoms with E-state index < -0.39 is 0 Å². The van der Waals surface area contributed by atoms with Crippen LogP contribution in [0.25, 0.3) is 0 Å². The number of rotatable bonds is 4. The normalized spacial score (nSPS) is 10.3. The second-order valence-electron chi connectivity index (χ2n) is 3.95. The van der Waals surface area contributed by atoms with Crippen molar-refractivity contribution in [1.29, 1.82) is 0 Å². The lowest BCUT2D eigenvalue weighted by molar-refractivity contribution is 0.0954. The molecule has 2 heterocycles. The van der Waals surface area contributed by atoms with Crippen molar-refractivity contribution in [2.45, 2.75) is 6.42 Å². The van der Waals surface area contributed by atoms with Crippen molar-refractivity contribution in [2.24, 2.45) is 7.05 Å². The van der Waals surface area contributed by atoms with Crippen LogP contribution in [0.1, 0.15) is 15.2 Å². The van der Waals surface area contributed by atoms with Crippen molar-refractivity contribution in [3.05, 3.63) is 56.6 Å². The Morgan fingerprint density at radius 1 is 1.44 bits per heavy atom. The number of aromatic nitrogens is 1. The van der Waals surface area contributed by atoms with Crippen LogP contribution in [0.2, 0.25) is 0 Å². The number of hydrogen-bond donors (Lipinski definition) is 1. The molecule has 0 aliphatic heterocycles. The fourth-order valence-corrected chi connectivity index (χ4v) is 2.25. The zero-order valence-corrected chi connectivity index (χ0v) is 10.9. The van der Waals surface area contributed by atoms with Crippen molar-refractivity contribution < 1.29 is 4.79 Å². The van der Waals surface area contributed by atoms with E-state index in [-0.39, 0.29) is 11.5 Å². The molecule has 0 aromatic carbocycles. The van der Waals surface area contributed by atoms with Gasteiger partial charge in [0.1, 0.15) is 0 Å². The lowest BCUT2D eigenvalue weighted by Gasteiger charge is -2.04. The molecule has 1 amide bonds. The first-order valence-electron chi connectivity index (χ1n) is 5.64. The van der Waals surface area contributed by atoms with Gasteiger partial charge in [0.2, 0.25) is 0 Å². The summed E-state index contributed by atoms with van der Waals surface area (Å²) in [6.07, 6.45) is 2.41. The number of nitrogens with zero attached hydrogens (tertiary/aromatic N) is 1. The molecule has 0 saturated heterocycles. The van der Waals surface area contributed by atoms with Crippen LogP contribution < -0.4 is 10.9 Å². The number of nitrogens with one attached hydrogen (secondary N) is 1. The number of amides is 1. The molecule has 0 bridgehead atoms. The molecule has 0 fully saturated rings. The van der Waals surface area contributed by atoms with E-state index in [9.17, 15) is 9.59 Å². The Morgan fingerprint density at radius 3 is 2.94 bits per heavy atom. The van der Waals surface area contributed by atoms with Crippen molar-refractivity contribution in [1.82, 2.24) is 9.88 Å². The Morgan fingerprint density at radius 2 is 2.28 bits per heavy atom. The summed E-state index contributed by atoms with van der Waals surface area (Å²) in [7, 11) is 1.65. The third-order valence-electron chi connectivity index (χ3n) is 2.60. The summed E-state index contributed by atoms with van der Waals surface area (Å²) in [5, 5.41) is 4.82. The molecule has 4 nitrogen and oxygen atoms in total. The highest BCUT2D eigenvalue weighted by molar-refractivity contribution is 7.09. The smallest absolute Gasteiger partial charge is 0.251 e. The lowest BCUT2D eigenvalue weighted by atomic mass is 10.2. The minimum Gasteiger partial charge on any atom is -0.352 e. The van der Waals surface area contributed by atoms with E-state index in [0.29, 0.717) is 12.1 Å². The molecule has 2 rings (SSSR count). The van der Waals surface area contributed by atoms with Gasteiger partial charge in [0.05, 0.1) is 0 Å². The van der Waals surface area contributed by atoms with Crippen molar-refractivity contribution in [3.8, 4) is 0 Å². The first-order valence-corrected chi connectivity index (χ1v) is 6.52. The maximum atomic E-state index is 11.8. The lowest BCUT2D eigenvalue weighted by Crippen LogP contribution is -2.27. The van der Waals surface area contributed by atoms with Gasteiger partial charge in [-0.3, -0.25) is 9.59 Å². The van der Waals surface area contributed by atoms with Crippen molar-refractivity contribution in [3.63, 3.8) is 0 Å². The van der Waals surface area contributed by atoms with Gasteiger partial charge in [-0.25, -0.2) is 0 Å². The number of pyridine rings is 1. The minimum absolute atomic E-state index is 0.180. The maximum Gasteiger partial charge on any atom is 0.251 e. The Labute approximate surface area is 109 Å². The Kier molecular flexibility index (Phi) is 3.94. The van der Waals surface area contributed by atoms with Crippen molar-refractivity contribution >= 4 is 17.2 Å². The number of thiophene rings is 1. The van der Waals surface area contributed by atoms with Crippen molar-refractivity contribution in [2.75, 3.05) is 6.54 Å². The van der Waals surface area contributed by atoms with E-state index in [1.54, 1.807) is 30.6 Å². The van der Waals surface area contributed by atoms with Gasteiger partial charge in [0.15, 0.2) is 0 Å². The third-order valence-corrected chi connectivity index (χ3v) is 3.54. The maximum absolute atomic E-state index is 11.8. The molecule has 0 radical (unpaired) electrons. The highest BCUT2D eigenvalue weighted by atomic mass is 32.1. The average Bonchev–Trinajstić information content (AvgIpc) is 2.85. The van der Waals surface area contributed by atoms with Gasteiger partial charge in [-0.2, -0.15) is 0 Å². The predicted molar refractivity (Wildman–Crippen MR) is 72.0 cm³/mol. The molecular weight excluding hydrogens is 248 g/mol. The monoisotopic (exact) mass is 262 g/mol. The van der Waals surface area contributed by atoms with Gasteiger partial charge >= 0.3 is 0 Å². The van der Waals surface area contributed by atoms with Crippen LogP contribution in [-0.4, -0.2) is 17.0 Å². The summed E-state index contributed by atoms with van der Waals surface area (Å²) in [6.45, 7) is 0.578. The van der Waals surface area contributed by atoms with Gasteiger partial charge in [-0.05, 0) is 23.9 Å². The summed E-state index contributed by atoms with van der Waals surface area (Å²) in [4.78, 5) is 24.4. The average molecular weight is 262 g/mol. The fraction of sp³-hybridized carbons (Fsp3) is 0.231. The second kappa shape index (κ2) is 5.64. The number of carbonyl (C=O) groups is 1. The van der Waals surface area contributed by atoms with Gasteiger partial charge in [-0.15, -0.1) is 11.3 Å². The van der Waals surface area contributed by atoms with Crippen LogP contribution in [-0.2, 0) is 13.5 Å². The molecule has 1 N–H and O–H groups in total. The fourth-order valence-electron chi connectivity index (χ4n) is 1.55. The highest BCUT2D eigenvalue weighted by Crippen LogP contribution is 2.08. The molecule has 0 saturated carbocycles. The quantitative estimate of drug-likeness (QED) is 0.906. The predicted octanol–water partition coefficient (Wildman–Crippen LogP) is 1.42. The van der Waals surface area contributed by atoms with Crippen LogP contribution in [0.3, 0.4) is 0 Å². The van der Waals surface area contributed by atoms with E-state index >= 15 is 0 Å². The van der Waals surface area contributed by atoms with E-state index in [4.69, 9.17) is 0 Å². The molecule has 0 atom stereocenters. The molecule has 0 aliphatic carbocycles. The van der Waals surface area contributed by atoms with Crippen LogP contribution in [0.4, 0.5) is 0 Å². The SMILES string of the molecule is Cn1ccc(C(=O)NCCc2cccs2)cc1=O. The largest absolute Gasteiger partial charge is 0.352 e. The molecule has 2 aromatic rings. The van der Waals surface area contributed by atoms with E-state index in [0.717, 1.165) is 6.42 Å². The number of aryl methyl sites for hydroxylation is 1. The zero-order chi connectivity index (χ0) is 13.0. The molecule has 18 heavy (non-hydrogen) atoms. The van der Waals surface area contributed by atoms with Gasteiger partial charge in [0, 0.05) is 36.3 Å². The molecule has 5 heteroatoms. The van der Waals surface area contributed by atoms with Gasteiger partial charge < -0.3 is 9.88 Å². The summed E-state index contributed by atoms with van der Waals surface area (Å²) >= 11 is 1.67. The Balaban J connectivity index is 1.91. The molecular formula is C13H14N2O2S. The standard InChI is InChI=1S/C13H14N2O2S/c1-15-7-5-10(9-12(15)16)13(17)14-6-4-11-3-2-8-18-11/h2-3,5,7-9H,4,6H2,1H3,(H,14,17). The highest BCUT2D eigenvalue weighted by Gasteiger charge is 2.06. The Hall–Kier alpha value is -1.88. The third kappa shape index (κ3) is 3.07. The molecule has 2 aromatic heterocycles. The first-order chi connectivity index (χ1) is 8.66. The van der Waals surface area contributed by atoms with E-state index in [1.165, 1.54) is 15.5 Å². The Bertz CT molecular complexity index is 587. The minimum atomic E-state index is -0.204. The molecule has 94 valence electrons. The molecule has 0 spiro atoms. The van der Waals surface area contributed by atoms with Gasteiger partial charge in [0.25, 0.3) is 11.5 Å². The summed E-state index contributed by atoms with van der Waals surface area (Å²) in [6, 6.07) is 7.01. The number of carbonyl (C=O) groups excluding carboxylic acids is 1. The van der Waals surface area contributed by atoms with Crippen LogP contribution in [0, 0.1) is 0 Å². The van der Waals surface area contributed by atoms with E-state index in [2.05, 4.69) is 5.32 Å². The summed E-state index contributed by atoms with van der Waals surface area (Å²) in [5.41, 5.74) is 0.227. The van der Waals surface area contributed by atoms with Gasteiger partial charge in [-0.1, -0.05) is 6.07 Å². The topological polar surface area (TPSA) is 51.1 Å². The van der Waals surface area contributed by atoms with Crippen LogP contribution in [0.15, 0.2) is 40.6 Å². The summed E-state index contributed by atoms with van der Waals surface area (Å²) in [5.74, 6) is -0.204. The second-order valence-corrected chi connectivity index (χ2v) is 4.98. The molecule has 0 unspecified atom stereocenters. The molecule has 0 aliphatic rings.